The monoisotopic (exact) mass is 230 g/mol. The Morgan fingerprint density at radius 3 is 2.31 bits per heavy atom. The van der Waals surface area contributed by atoms with Crippen molar-refractivity contribution in [1.82, 2.24) is 10.6 Å². The molecule has 0 aromatic heterocycles. The second-order valence-electron chi connectivity index (χ2n) is 1.98. The van der Waals surface area contributed by atoms with E-state index < -0.39 is 6.03 Å². The molecule has 0 unspecified atom stereocenters. The largest absolute Gasteiger partial charge is 0.359 e. The van der Waals surface area contributed by atoms with Gasteiger partial charge < -0.3 is 16.4 Å². The Kier molecular flexibility index (Phi) is 15.8. The van der Waals surface area contributed by atoms with Gasteiger partial charge in [-0.3, -0.25) is 0 Å². The van der Waals surface area contributed by atoms with E-state index in [4.69, 9.17) is 5.73 Å². The first kappa shape index (κ1) is 18.2. The SMILES string of the molecule is CCCNC(=NC(N)=O)NC.Cl.Cl. The number of primary amides is 1. The molecule has 0 aromatic carbocycles. The van der Waals surface area contributed by atoms with E-state index in [-0.39, 0.29) is 24.8 Å². The van der Waals surface area contributed by atoms with Crippen molar-refractivity contribution in [3.05, 3.63) is 0 Å². The van der Waals surface area contributed by atoms with Gasteiger partial charge in [-0.1, -0.05) is 6.92 Å². The smallest absolute Gasteiger partial charge is 0.341 e. The normalized spacial score (nSPS) is 9.23. The van der Waals surface area contributed by atoms with E-state index in [0.717, 1.165) is 13.0 Å². The zero-order valence-electron chi connectivity index (χ0n) is 7.66. The van der Waals surface area contributed by atoms with Crippen LogP contribution in [-0.2, 0) is 0 Å². The molecule has 0 heterocycles. The first-order valence-electron chi connectivity index (χ1n) is 3.50. The Balaban J connectivity index is -0.000000500. The highest BCUT2D eigenvalue weighted by Gasteiger charge is 1.94. The Morgan fingerprint density at radius 1 is 1.46 bits per heavy atom. The van der Waals surface area contributed by atoms with Crippen molar-refractivity contribution in [2.24, 2.45) is 10.7 Å². The minimum atomic E-state index is -0.696. The fraction of sp³-hybridized carbons (Fsp3) is 0.667. The van der Waals surface area contributed by atoms with Crippen LogP contribution in [0, 0.1) is 0 Å². The number of rotatable bonds is 2. The summed E-state index contributed by atoms with van der Waals surface area (Å²) in [5.74, 6) is 0.416. The topological polar surface area (TPSA) is 79.5 Å². The van der Waals surface area contributed by atoms with Crippen molar-refractivity contribution in [3.8, 4) is 0 Å². The molecule has 5 nitrogen and oxygen atoms in total. The molecular formula is C6H16Cl2N4O. The third kappa shape index (κ3) is 11.3. The van der Waals surface area contributed by atoms with E-state index in [1.807, 2.05) is 6.92 Å². The van der Waals surface area contributed by atoms with Crippen LogP contribution in [0.4, 0.5) is 4.79 Å². The number of hydrogen-bond donors (Lipinski definition) is 3. The molecule has 0 aliphatic heterocycles. The highest BCUT2D eigenvalue weighted by atomic mass is 35.5. The molecule has 80 valence electrons. The number of guanidine groups is 1. The summed E-state index contributed by atoms with van der Waals surface area (Å²) in [7, 11) is 1.67. The minimum Gasteiger partial charge on any atom is -0.359 e. The molecule has 0 rings (SSSR count). The molecule has 0 saturated heterocycles. The minimum absolute atomic E-state index is 0. The molecule has 0 spiro atoms. The van der Waals surface area contributed by atoms with Gasteiger partial charge in [-0.25, -0.2) is 4.79 Å². The number of carbonyl (C=O) groups is 1. The molecule has 4 N–H and O–H groups in total. The zero-order valence-corrected chi connectivity index (χ0v) is 9.30. The van der Waals surface area contributed by atoms with Gasteiger partial charge in [-0.05, 0) is 6.42 Å². The van der Waals surface area contributed by atoms with Gasteiger partial charge in [0.05, 0.1) is 0 Å². The average Bonchev–Trinajstić information content (AvgIpc) is 1.97. The van der Waals surface area contributed by atoms with Crippen molar-refractivity contribution in [1.29, 1.82) is 0 Å². The molecular weight excluding hydrogens is 215 g/mol. The lowest BCUT2D eigenvalue weighted by molar-refractivity contribution is 0.256. The van der Waals surface area contributed by atoms with E-state index >= 15 is 0 Å². The molecule has 0 aliphatic rings. The number of nitrogens with one attached hydrogen (secondary N) is 2. The number of amides is 2. The van der Waals surface area contributed by atoms with Crippen LogP contribution in [0.3, 0.4) is 0 Å². The van der Waals surface area contributed by atoms with E-state index in [9.17, 15) is 4.79 Å². The number of hydrogen-bond acceptors (Lipinski definition) is 1. The fourth-order valence-corrected chi connectivity index (χ4v) is 0.537. The van der Waals surface area contributed by atoms with Gasteiger partial charge in [0.15, 0.2) is 0 Å². The highest BCUT2D eigenvalue weighted by molar-refractivity contribution is 5.91. The van der Waals surface area contributed by atoms with E-state index in [1.54, 1.807) is 7.05 Å². The first-order chi connectivity index (χ1) is 5.20. The summed E-state index contributed by atoms with van der Waals surface area (Å²) in [6.07, 6.45) is 0.972. The number of aliphatic imine (C=N–C) groups is 1. The molecule has 0 atom stereocenters. The van der Waals surface area contributed by atoms with Gasteiger partial charge >= 0.3 is 6.03 Å². The van der Waals surface area contributed by atoms with Crippen LogP contribution in [0.1, 0.15) is 13.3 Å². The van der Waals surface area contributed by atoms with Gasteiger partial charge in [-0.2, -0.15) is 4.99 Å². The Labute approximate surface area is 90.4 Å². The molecule has 7 heteroatoms. The molecule has 0 radical (unpaired) electrons. The number of urea groups is 1. The Hall–Kier alpha value is -0.680. The first-order valence-corrected chi connectivity index (χ1v) is 3.50. The van der Waals surface area contributed by atoms with E-state index in [0.29, 0.717) is 5.96 Å². The zero-order chi connectivity index (χ0) is 8.69. The Morgan fingerprint density at radius 2 is 2.00 bits per heavy atom. The summed E-state index contributed by atoms with van der Waals surface area (Å²) >= 11 is 0. The van der Waals surface area contributed by atoms with Gasteiger partial charge in [0.2, 0.25) is 5.96 Å². The lowest BCUT2D eigenvalue weighted by Crippen LogP contribution is -2.36. The number of halogens is 2. The van der Waals surface area contributed by atoms with Crippen molar-refractivity contribution in [3.63, 3.8) is 0 Å². The maximum atomic E-state index is 10.3. The van der Waals surface area contributed by atoms with Gasteiger partial charge in [0.1, 0.15) is 0 Å². The second-order valence-corrected chi connectivity index (χ2v) is 1.98. The summed E-state index contributed by atoms with van der Waals surface area (Å²) in [5, 5.41) is 5.59. The van der Waals surface area contributed by atoms with Gasteiger partial charge in [0.25, 0.3) is 0 Å². The second kappa shape index (κ2) is 11.3. The number of carbonyl (C=O) groups excluding carboxylic acids is 1. The Bertz CT molecular complexity index is 163. The van der Waals surface area contributed by atoms with Gasteiger partial charge in [-0.15, -0.1) is 24.8 Å². The van der Waals surface area contributed by atoms with E-state index in [1.165, 1.54) is 0 Å². The standard InChI is InChI=1S/C6H14N4O.2ClH/c1-3-4-9-6(8-2)10-5(7)11;;/h3-4H2,1-2H3,(H4,7,8,9,10,11);2*1H. The molecule has 0 bridgehead atoms. The average molecular weight is 231 g/mol. The number of nitrogens with zero attached hydrogens (tertiary/aromatic N) is 1. The molecule has 2 amide bonds. The maximum absolute atomic E-state index is 10.3. The van der Waals surface area contributed by atoms with Crippen molar-refractivity contribution < 1.29 is 4.79 Å². The molecule has 13 heavy (non-hydrogen) atoms. The molecule has 0 saturated carbocycles. The van der Waals surface area contributed by atoms with Crippen molar-refractivity contribution >= 4 is 36.8 Å². The van der Waals surface area contributed by atoms with Crippen LogP contribution in [0.25, 0.3) is 0 Å². The van der Waals surface area contributed by atoms with Crippen LogP contribution >= 0.6 is 24.8 Å². The summed E-state index contributed by atoms with van der Waals surface area (Å²) < 4.78 is 0. The highest BCUT2D eigenvalue weighted by Crippen LogP contribution is 1.73. The molecule has 0 aliphatic carbocycles. The summed E-state index contributed by atoms with van der Waals surface area (Å²) in [6, 6.07) is -0.696. The lowest BCUT2D eigenvalue weighted by atomic mass is 10.5. The van der Waals surface area contributed by atoms with Crippen LogP contribution in [-0.4, -0.2) is 25.6 Å². The van der Waals surface area contributed by atoms with Crippen molar-refractivity contribution in [2.45, 2.75) is 13.3 Å². The van der Waals surface area contributed by atoms with Crippen LogP contribution in [0.2, 0.25) is 0 Å². The van der Waals surface area contributed by atoms with Crippen LogP contribution < -0.4 is 16.4 Å². The number of nitrogens with two attached hydrogens (primary N) is 1. The molecule has 0 fully saturated rings. The predicted octanol–water partition coefficient (Wildman–Crippen LogP) is 0.484. The third-order valence-electron chi connectivity index (χ3n) is 1.00. The quantitative estimate of drug-likeness (QED) is 0.477. The third-order valence-corrected chi connectivity index (χ3v) is 1.00. The maximum Gasteiger partial charge on any atom is 0.341 e. The summed E-state index contributed by atoms with van der Waals surface area (Å²) in [6.45, 7) is 2.79. The van der Waals surface area contributed by atoms with Gasteiger partial charge in [0, 0.05) is 13.6 Å². The van der Waals surface area contributed by atoms with Crippen molar-refractivity contribution in [2.75, 3.05) is 13.6 Å². The molecule has 0 aromatic rings. The summed E-state index contributed by atoms with van der Waals surface area (Å²) in [5.41, 5.74) is 4.83. The lowest BCUT2D eigenvalue weighted by Gasteiger charge is -2.05. The summed E-state index contributed by atoms with van der Waals surface area (Å²) in [4.78, 5) is 13.8. The van der Waals surface area contributed by atoms with E-state index in [2.05, 4.69) is 15.6 Å². The van der Waals surface area contributed by atoms with Crippen LogP contribution in [0.5, 0.6) is 0 Å². The fourth-order valence-electron chi connectivity index (χ4n) is 0.537. The van der Waals surface area contributed by atoms with Crippen LogP contribution in [0.15, 0.2) is 4.99 Å². The predicted molar refractivity (Wildman–Crippen MR) is 58.9 cm³/mol.